The molecule has 1 fully saturated rings. The average Bonchev–Trinajstić information content (AvgIpc) is 3.26. The van der Waals surface area contributed by atoms with Gasteiger partial charge < -0.3 is 29.6 Å². The van der Waals surface area contributed by atoms with E-state index in [0.717, 1.165) is 15.7 Å². The second kappa shape index (κ2) is 10.2. The first kappa shape index (κ1) is 24.6. The molecule has 1 saturated heterocycles. The number of hydrogen-bond donors (Lipinski definition) is 2. The van der Waals surface area contributed by atoms with Crippen LogP contribution in [0.4, 0.5) is 9.59 Å². The zero-order valence-electron chi connectivity index (χ0n) is 19.1. The Morgan fingerprint density at radius 2 is 1.91 bits per heavy atom. The van der Waals surface area contributed by atoms with Crippen LogP contribution in [0.2, 0.25) is 0 Å². The van der Waals surface area contributed by atoms with E-state index in [2.05, 4.69) is 36.0 Å². The molecular weight excluding hydrogens is 494 g/mol. The summed E-state index contributed by atoms with van der Waals surface area (Å²) in [7, 11) is 1.23. The van der Waals surface area contributed by atoms with E-state index in [1.54, 1.807) is 36.8 Å². The summed E-state index contributed by atoms with van der Waals surface area (Å²) in [6.07, 6.45) is 0.551. The van der Waals surface area contributed by atoms with Gasteiger partial charge in [-0.05, 0) is 38.5 Å². The monoisotopic (exact) mass is 521 g/mol. The SMILES string of the molecule is COC(=O)NCC(=O)N1CCN(C(=O)OC(C)(C)C)CC1c1ncc(-c2ccc(Br)cc2)[nH]1. The first-order valence-electron chi connectivity index (χ1n) is 10.5. The fourth-order valence-electron chi connectivity index (χ4n) is 3.41. The van der Waals surface area contributed by atoms with Gasteiger partial charge in [0.15, 0.2) is 0 Å². The van der Waals surface area contributed by atoms with Crippen LogP contribution in [0.5, 0.6) is 0 Å². The van der Waals surface area contributed by atoms with Crippen molar-refractivity contribution in [3.8, 4) is 11.3 Å². The molecule has 10 nitrogen and oxygen atoms in total. The molecule has 0 radical (unpaired) electrons. The third-order valence-corrected chi connectivity index (χ3v) is 5.52. The second-order valence-electron chi connectivity index (χ2n) is 8.56. The Bertz CT molecular complexity index is 1000. The third kappa shape index (κ3) is 6.47. The topological polar surface area (TPSA) is 117 Å². The summed E-state index contributed by atoms with van der Waals surface area (Å²) in [5.41, 5.74) is 1.08. The van der Waals surface area contributed by atoms with E-state index in [9.17, 15) is 14.4 Å². The number of aromatic amines is 1. The van der Waals surface area contributed by atoms with Crippen LogP contribution in [-0.4, -0.2) is 76.8 Å². The van der Waals surface area contributed by atoms with E-state index in [4.69, 9.17) is 4.74 Å². The van der Waals surface area contributed by atoms with Crippen molar-refractivity contribution in [1.29, 1.82) is 0 Å². The summed E-state index contributed by atoms with van der Waals surface area (Å²) < 4.78 is 11.0. The zero-order chi connectivity index (χ0) is 24.2. The van der Waals surface area contributed by atoms with Crippen molar-refractivity contribution in [3.05, 3.63) is 40.8 Å². The van der Waals surface area contributed by atoms with Gasteiger partial charge in [0, 0.05) is 17.6 Å². The highest BCUT2D eigenvalue weighted by Crippen LogP contribution is 2.27. The molecule has 178 valence electrons. The molecule has 2 N–H and O–H groups in total. The first-order chi connectivity index (χ1) is 15.6. The number of ether oxygens (including phenoxy) is 2. The number of piperazine rings is 1. The lowest BCUT2D eigenvalue weighted by Gasteiger charge is -2.40. The van der Waals surface area contributed by atoms with Crippen molar-refractivity contribution in [3.63, 3.8) is 0 Å². The number of carbonyl (C=O) groups excluding carboxylic acids is 3. The van der Waals surface area contributed by atoms with Gasteiger partial charge in [-0.25, -0.2) is 14.6 Å². The van der Waals surface area contributed by atoms with Crippen LogP contribution in [-0.2, 0) is 14.3 Å². The summed E-state index contributed by atoms with van der Waals surface area (Å²) in [5, 5.41) is 2.41. The smallest absolute Gasteiger partial charge is 0.410 e. The number of rotatable bonds is 4. The number of carbonyl (C=O) groups is 3. The lowest BCUT2D eigenvalue weighted by molar-refractivity contribution is -0.135. The Morgan fingerprint density at radius 3 is 2.55 bits per heavy atom. The van der Waals surface area contributed by atoms with Crippen LogP contribution in [0.3, 0.4) is 0 Å². The number of methoxy groups -OCH3 is 1. The van der Waals surface area contributed by atoms with Crippen molar-refractivity contribution in [1.82, 2.24) is 25.1 Å². The zero-order valence-corrected chi connectivity index (χ0v) is 20.6. The van der Waals surface area contributed by atoms with Gasteiger partial charge in [0.05, 0.1) is 25.5 Å². The first-order valence-corrected chi connectivity index (χ1v) is 11.3. The number of imidazole rings is 1. The van der Waals surface area contributed by atoms with E-state index >= 15 is 0 Å². The van der Waals surface area contributed by atoms with Gasteiger partial charge in [-0.3, -0.25) is 4.79 Å². The molecule has 1 atom stereocenters. The maximum atomic E-state index is 12.9. The third-order valence-electron chi connectivity index (χ3n) is 4.99. The lowest BCUT2D eigenvalue weighted by atomic mass is 10.1. The van der Waals surface area contributed by atoms with E-state index in [1.165, 1.54) is 7.11 Å². The van der Waals surface area contributed by atoms with Gasteiger partial charge in [-0.1, -0.05) is 28.1 Å². The van der Waals surface area contributed by atoms with Gasteiger partial charge in [0.2, 0.25) is 5.91 Å². The maximum Gasteiger partial charge on any atom is 0.410 e. The van der Waals surface area contributed by atoms with Crippen molar-refractivity contribution in [2.75, 3.05) is 33.3 Å². The minimum atomic E-state index is -0.692. The van der Waals surface area contributed by atoms with Crippen LogP contribution >= 0.6 is 15.9 Å². The van der Waals surface area contributed by atoms with Crippen molar-refractivity contribution >= 4 is 34.0 Å². The Labute approximate surface area is 200 Å². The minimum Gasteiger partial charge on any atom is -0.453 e. The van der Waals surface area contributed by atoms with E-state index in [1.807, 2.05) is 24.3 Å². The fraction of sp³-hybridized carbons (Fsp3) is 0.455. The number of hydrogen-bond acceptors (Lipinski definition) is 6. The van der Waals surface area contributed by atoms with Gasteiger partial charge >= 0.3 is 12.2 Å². The van der Waals surface area contributed by atoms with Gasteiger partial charge in [-0.2, -0.15) is 0 Å². The van der Waals surface area contributed by atoms with Crippen LogP contribution < -0.4 is 5.32 Å². The number of halogens is 1. The summed E-state index contributed by atoms with van der Waals surface area (Å²) in [6.45, 7) is 5.95. The van der Waals surface area contributed by atoms with Crippen LogP contribution in [0.25, 0.3) is 11.3 Å². The molecule has 2 aromatic rings. The number of nitrogens with one attached hydrogen (secondary N) is 2. The highest BCUT2D eigenvalue weighted by molar-refractivity contribution is 9.10. The lowest BCUT2D eigenvalue weighted by Crippen LogP contribution is -2.55. The van der Waals surface area contributed by atoms with Gasteiger partial charge in [0.1, 0.15) is 24.0 Å². The average molecular weight is 522 g/mol. The Kier molecular flexibility index (Phi) is 7.62. The summed E-state index contributed by atoms with van der Waals surface area (Å²) in [4.78, 5) is 47.9. The predicted octanol–water partition coefficient (Wildman–Crippen LogP) is 3.32. The molecule has 1 aliphatic heterocycles. The largest absolute Gasteiger partial charge is 0.453 e. The van der Waals surface area contributed by atoms with E-state index in [0.29, 0.717) is 12.4 Å². The highest BCUT2D eigenvalue weighted by atomic mass is 79.9. The van der Waals surface area contributed by atoms with Crippen LogP contribution in [0, 0.1) is 0 Å². The van der Waals surface area contributed by atoms with Crippen molar-refractivity contribution in [2.45, 2.75) is 32.4 Å². The van der Waals surface area contributed by atoms with Crippen molar-refractivity contribution < 1.29 is 23.9 Å². The highest BCUT2D eigenvalue weighted by Gasteiger charge is 2.36. The number of benzene rings is 1. The molecule has 3 rings (SSSR count). The number of nitrogens with zero attached hydrogens (tertiary/aromatic N) is 3. The molecule has 0 bridgehead atoms. The van der Waals surface area contributed by atoms with E-state index < -0.39 is 23.8 Å². The van der Waals surface area contributed by atoms with Crippen LogP contribution in [0.15, 0.2) is 34.9 Å². The summed E-state index contributed by atoms with van der Waals surface area (Å²) in [6, 6.07) is 7.20. The van der Waals surface area contributed by atoms with Crippen LogP contribution in [0.1, 0.15) is 32.6 Å². The molecule has 1 unspecified atom stereocenters. The molecule has 0 aliphatic carbocycles. The summed E-state index contributed by atoms with van der Waals surface area (Å²) >= 11 is 3.42. The number of aromatic nitrogens is 2. The van der Waals surface area contributed by atoms with Gasteiger partial charge in [0.25, 0.3) is 0 Å². The molecule has 3 amide bonds. The summed E-state index contributed by atoms with van der Waals surface area (Å²) in [5.74, 6) is 0.225. The second-order valence-corrected chi connectivity index (χ2v) is 9.48. The normalized spacial score (nSPS) is 16.3. The molecule has 1 aromatic carbocycles. The Balaban J connectivity index is 1.83. The molecule has 0 spiro atoms. The maximum absolute atomic E-state index is 12.9. The molecule has 0 saturated carbocycles. The van der Waals surface area contributed by atoms with Gasteiger partial charge in [-0.15, -0.1) is 0 Å². The number of alkyl carbamates (subject to hydrolysis) is 1. The molecule has 1 aliphatic rings. The minimum absolute atomic E-state index is 0.201. The Morgan fingerprint density at radius 1 is 1.21 bits per heavy atom. The predicted molar refractivity (Wildman–Crippen MR) is 124 cm³/mol. The molecule has 2 heterocycles. The number of H-pyrrole nitrogens is 1. The quantitative estimate of drug-likeness (QED) is 0.637. The fourth-order valence-corrected chi connectivity index (χ4v) is 3.68. The molecule has 33 heavy (non-hydrogen) atoms. The molecular formula is C22H28BrN5O5. The number of amides is 3. The molecule has 11 heteroatoms. The Hall–Kier alpha value is -3.08. The van der Waals surface area contributed by atoms with Crippen molar-refractivity contribution in [2.24, 2.45) is 0 Å². The standard InChI is InChI=1S/C22H28BrN5O5/c1-22(2,3)33-21(31)27-9-10-28(18(29)12-25-20(30)32-4)17(13-27)19-24-11-16(26-19)14-5-7-15(23)8-6-14/h5-8,11,17H,9-10,12-13H2,1-4H3,(H,24,26)(H,25,30). The van der Waals surface area contributed by atoms with E-state index in [-0.39, 0.29) is 25.5 Å². The molecule has 1 aromatic heterocycles.